The van der Waals surface area contributed by atoms with Crippen molar-refractivity contribution in [3.8, 4) is 0 Å². The van der Waals surface area contributed by atoms with Crippen LogP contribution in [0.3, 0.4) is 0 Å². The molecule has 14 heavy (non-hydrogen) atoms. The average Bonchev–Trinajstić information content (AvgIpc) is 2.92. The zero-order valence-electron chi connectivity index (χ0n) is 8.36. The second-order valence-corrected chi connectivity index (χ2v) is 5.20. The smallest absolute Gasteiger partial charge is 0.0897 e. The minimum atomic E-state index is -0.149. The number of thiazole rings is 1. The van der Waals surface area contributed by atoms with Crippen LogP contribution in [-0.2, 0) is 6.54 Å². The number of rotatable bonds is 5. The Hall–Kier alpha value is -0.450. The van der Waals surface area contributed by atoms with Gasteiger partial charge in [-0.1, -0.05) is 0 Å². The quantitative estimate of drug-likeness (QED) is 0.773. The monoisotopic (exact) mass is 212 g/mol. The molecule has 1 aliphatic rings. The Morgan fingerprint density at radius 3 is 3.07 bits per heavy atom. The van der Waals surface area contributed by atoms with Crippen LogP contribution >= 0.6 is 11.3 Å². The predicted octanol–water partition coefficient (Wildman–Crippen LogP) is 1.31. The molecular weight excluding hydrogens is 196 g/mol. The molecule has 3 nitrogen and oxygen atoms in total. The minimum Gasteiger partial charge on any atom is -0.392 e. The zero-order valence-corrected chi connectivity index (χ0v) is 9.18. The molecule has 1 saturated carbocycles. The fourth-order valence-corrected chi connectivity index (χ4v) is 2.24. The lowest BCUT2D eigenvalue weighted by Crippen LogP contribution is -2.27. The van der Waals surface area contributed by atoms with Gasteiger partial charge in [-0.3, -0.25) is 0 Å². The molecule has 1 aromatic rings. The molecule has 0 saturated heterocycles. The molecule has 1 aromatic heterocycles. The Balaban J connectivity index is 1.67. The van der Waals surface area contributed by atoms with Crippen molar-refractivity contribution in [2.24, 2.45) is 5.92 Å². The Bertz CT molecular complexity index is 296. The van der Waals surface area contributed by atoms with Crippen LogP contribution in [0, 0.1) is 12.8 Å². The van der Waals surface area contributed by atoms with Gasteiger partial charge in [0, 0.05) is 24.2 Å². The SMILES string of the molecule is Cc1ncc(CNCC(O)C2CC2)s1. The molecule has 2 rings (SSSR count). The fourth-order valence-electron chi connectivity index (χ4n) is 1.48. The number of aliphatic hydroxyl groups is 1. The normalized spacial score (nSPS) is 18.4. The number of aryl methyl sites for hydroxylation is 1. The molecule has 0 aliphatic heterocycles. The van der Waals surface area contributed by atoms with Gasteiger partial charge in [0.05, 0.1) is 11.1 Å². The molecule has 1 heterocycles. The highest BCUT2D eigenvalue weighted by molar-refractivity contribution is 7.11. The third kappa shape index (κ3) is 2.77. The minimum absolute atomic E-state index is 0.149. The summed E-state index contributed by atoms with van der Waals surface area (Å²) in [5.41, 5.74) is 0. The Morgan fingerprint density at radius 1 is 1.71 bits per heavy atom. The fraction of sp³-hybridized carbons (Fsp3) is 0.700. The van der Waals surface area contributed by atoms with Crippen LogP contribution in [0.15, 0.2) is 6.20 Å². The molecule has 4 heteroatoms. The van der Waals surface area contributed by atoms with Crippen molar-refractivity contribution in [3.05, 3.63) is 16.1 Å². The van der Waals surface area contributed by atoms with E-state index in [0.717, 1.165) is 11.6 Å². The van der Waals surface area contributed by atoms with Gasteiger partial charge in [0.25, 0.3) is 0 Å². The summed E-state index contributed by atoms with van der Waals surface area (Å²) >= 11 is 1.71. The predicted molar refractivity (Wildman–Crippen MR) is 57.3 cm³/mol. The van der Waals surface area contributed by atoms with Crippen molar-refractivity contribution in [2.45, 2.75) is 32.4 Å². The van der Waals surface area contributed by atoms with Gasteiger partial charge in [0.2, 0.25) is 0 Å². The molecule has 0 radical (unpaired) electrons. The van der Waals surface area contributed by atoms with Gasteiger partial charge >= 0.3 is 0 Å². The van der Waals surface area contributed by atoms with Crippen molar-refractivity contribution in [1.29, 1.82) is 0 Å². The van der Waals surface area contributed by atoms with Crippen LogP contribution in [0.5, 0.6) is 0 Å². The largest absolute Gasteiger partial charge is 0.392 e. The van der Waals surface area contributed by atoms with E-state index in [9.17, 15) is 5.11 Å². The first kappa shape index (κ1) is 10.1. The van der Waals surface area contributed by atoms with E-state index in [0.29, 0.717) is 12.5 Å². The van der Waals surface area contributed by atoms with Gasteiger partial charge in [-0.15, -0.1) is 11.3 Å². The third-order valence-corrected chi connectivity index (χ3v) is 3.40. The first-order valence-electron chi connectivity index (χ1n) is 5.06. The van der Waals surface area contributed by atoms with E-state index in [2.05, 4.69) is 10.3 Å². The first-order valence-corrected chi connectivity index (χ1v) is 5.87. The summed E-state index contributed by atoms with van der Waals surface area (Å²) in [7, 11) is 0. The number of nitrogens with one attached hydrogen (secondary N) is 1. The summed E-state index contributed by atoms with van der Waals surface area (Å²) in [5.74, 6) is 0.561. The molecule has 0 bridgehead atoms. The Labute approximate surface area is 88.2 Å². The van der Waals surface area contributed by atoms with Gasteiger partial charge in [0.1, 0.15) is 0 Å². The lowest BCUT2D eigenvalue weighted by molar-refractivity contribution is 0.148. The van der Waals surface area contributed by atoms with E-state index in [1.54, 1.807) is 11.3 Å². The van der Waals surface area contributed by atoms with E-state index in [1.165, 1.54) is 17.7 Å². The van der Waals surface area contributed by atoms with E-state index < -0.39 is 0 Å². The molecule has 1 aliphatic carbocycles. The summed E-state index contributed by atoms with van der Waals surface area (Å²) in [6, 6.07) is 0. The topological polar surface area (TPSA) is 45.2 Å². The number of aliphatic hydroxyl groups excluding tert-OH is 1. The molecule has 0 spiro atoms. The Morgan fingerprint density at radius 2 is 2.50 bits per heavy atom. The van der Waals surface area contributed by atoms with Crippen molar-refractivity contribution in [2.75, 3.05) is 6.54 Å². The molecule has 1 atom stereocenters. The summed E-state index contributed by atoms with van der Waals surface area (Å²) in [6.07, 6.45) is 4.14. The standard InChI is InChI=1S/C10H16N2OS/c1-7-12-5-9(14-7)4-11-6-10(13)8-2-3-8/h5,8,10-11,13H,2-4,6H2,1H3. The number of hydrogen-bond donors (Lipinski definition) is 2. The molecule has 0 aromatic carbocycles. The summed E-state index contributed by atoms with van der Waals surface area (Å²) in [6.45, 7) is 3.55. The molecule has 0 amide bonds. The van der Waals surface area contributed by atoms with Gasteiger partial charge in [-0.05, 0) is 25.7 Å². The average molecular weight is 212 g/mol. The van der Waals surface area contributed by atoms with Crippen LogP contribution in [-0.4, -0.2) is 22.7 Å². The van der Waals surface area contributed by atoms with Gasteiger partial charge in [-0.2, -0.15) is 0 Å². The maximum Gasteiger partial charge on any atom is 0.0897 e. The highest BCUT2D eigenvalue weighted by atomic mass is 32.1. The summed E-state index contributed by atoms with van der Waals surface area (Å²) in [5, 5.41) is 14.0. The lowest BCUT2D eigenvalue weighted by atomic mass is 10.2. The van der Waals surface area contributed by atoms with E-state index in [4.69, 9.17) is 0 Å². The van der Waals surface area contributed by atoms with Gasteiger partial charge in [0.15, 0.2) is 0 Å². The maximum atomic E-state index is 9.60. The van der Waals surface area contributed by atoms with E-state index in [-0.39, 0.29) is 6.10 Å². The van der Waals surface area contributed by atoms with Crippen LogP contribution in [0.4, 0.5) is 0 Å². The molecular formula is C10H16N2OS. The van der Waals surface area contributed by atoms with Crippen molar-refractivity contribution < 1.29 is 5.11 Å². The van der Waals surface area contributed by atoms with E-state index in [1.807, 2.05) is 13.1 Å². The van der Waals surface area contributed by atoms with Crippen molar-refractivity contribution >= 4 is 11.3 Å². The number of aromatic nitrogens is 1. The lowest BCUT2D eigenvalue weighted by Gasteiger charge is -2.09. The van der Waals surface area contributed by atoms with Gasteiger partial charge in [-0.25, -0.2) is 4.98 Å². The highest BCUT2D eigenvalue weighted by Crippen LogP contribution is 2.32. The molecule has 1 fully saturated rings. The first-order chi connectivity index (χ1) is 6.75. The second kappa shape index (κ2) is 4.38. The molecule has 2 N–H and O–H groups in total. The van der Waals surface area contributed by atoms with Crippen LogP contribution in [0.1, 0.15) is 22.7 Å². The van der Waals surface area contributed by atoms with Crippen LogP contribution in [0.2, 0.25) is 0 Å². The van der Waals surface area contributed by atoms with Crippen molar-refractivity contribution in [3.63, 3.8) is 0 Å². The second-order valence-electron chi connectivity index (χ2n) is 3.88. The number of nitrogens with zero attached hydrogens (tertiary/aromatic N) is 1. The van der Waals surface area contributed by atoms with E-state index >= 15 is 0 Å². The zero-order chi connectivity index (χ0) is 9.97. The molecule has 78 valence electrons. The highest BCUT2D eigenvalue weighted by Gasteiger charge is 2.28. The summed E-state index contributed by atoms with van der Waals surface area (Å²) < 4.78 is 0. The number of hydrogen-bond acceptors (Lipinski definition) is 4. The Kier molecular flexibility index (Phi) is 3.15. The summed E-state index contributed by atoms with van der Waals surface area (Å²) in [4.78, 5) is 5.42. The van der Waals surface area contributed by atoms with Gasteiger partial charge < -0.3 is 10.4 Å². The third-order valence-electron chi connectivity index (χ3n) is 2.49. The van der Waals surface area contributed by atoms with Crippen LogP contribution < -0.4 is 5.32 Å². The van der Waals surface area contributed by atoms with Crippen molar-refractivity contribution in [1.82, 2.24) is 10.3 Å². The van der Waals surface area contributed by atoms with Crippen LogP contribution in [0.25, 0.3) is 0 Å². The molecule has 1 unspecified atom stereocenters. The maximum absolute atomic E-state index is 9.60.